The van der Waals surface area contributed by atoms with Crippen LogP contribution in [0.4, 0.5) is 4.39 Å². The second-order valence-electron chi connectivity index (χ2n) is 4.51. The van der Waals surface area contributed by atoms with Gasteiger partial charge in [0.2, 0.25) is 5.91 Å². The van der Waals surface area contributed by atoms with Crippen molar-refractivity contribution in [3.63, 3.8) is 0 Å². The van der Waals surface area contributed by atoms with Crippen LogP contribution in [0, 0.1) is 11.7 Å². The van der Waals surface area contributed by atoms with E-state index in [4.69, 9.17) is 5.73 Å². The molecule has 1 aromatic carbocycles. The van der Waals surface area contributed by atoms with Gasteiger partial charge in [-0.1, -0.05) is 25.5 Å². The number of carbonyl (C=O) groups excluding carboxylic acids is 1. The van der Waals surface area contributed by atoms with Crippen molar-refractivity contribution in [1.29, 1.82) is 0 Å². The lowest BCUT2D eigenvalue weighted by atomic mass is 10.0. The summed E-state index contributed by atoms with van der Waals surface area (Å²) in [5.74, 6) is -0.514. The Kier molecular flexibility index (Phi) is 5.78. The molecule has 2 atom stereocenters. The predicted molar refractivity (Wildman–Crippen MR) is 70.4 cm³/mol. The Labute approximate surface area is 108 Å². The molecule has 4 heteroatoms. The third kappa shape index (κ3) is 4.11. The summed E-state index contributed by atoms with van der Waals surface area (Å²) in [5, 5.41) is 2.87. The maximum Gasteiger partial charge on any atom is 0.224 e. The molecular weight excluding hydrogens is 231 g/mol. The number of carbonyl (C=O) groups is 1. The van der Waals surface area contributed by atoms with E-state index in [1.807, 2.05) is 13.8 Å². The Morgan fingerprint density at radius 1 is 1.50 bits per heavy atom. The van der Waals surface area contributed by atoms with Crippen LogP contribution in [0.15, 0.2) is 24.3 Å². The van der Waals surface area contributed by atoms with E-state index in [0.717, 1.165) is 18.4 Å². The standard InChI is InChI=1S/C14H21FN2O/c1-3-5-12(9-16)14(18)17-10(2)11-6-4-7-13(15)8-11/h4,6-8,10,12H,3,5,9,16H2,1-2H3,(H,17,18). The number of hydrogen-bond acceptors (Lipinski definition) is 2. The normalized spacial score (nSPS) is 14.0. The number of hydrogen-bond donors (Lipinski definition) is 2. The third-order valence-corrected chi connectivity index (χ3v) is 3.00. The fourth-order valence-corrected chi connectivity index (χ4v) is 1.89. The lowest BCUT2D eigenvalue weighted by Crippen LogP contribution is -2.36. The summed E-state index contributed by atoms with van der Waals surface area (Å²) in [4.78, 5) is 11.9. The van der Waals surface area contributed by atoms with Gasteiger partial charge in [-0.05, 0) is 31.0 Å². The second-order valence-corrected chi connectivity index (χ2v) is 4.51. The van der Waals surface area contributed by atoms with E-state index in [1.165, 1.54) is 12.1 Å². The van der Waals surface area contributed by atoms with Gasteiger partial charge in [0.25, 0.3) is 0 Å². The van der Waals surface area contributed by atoms with Gasteiger partial charge in [-0.3, -0.25) is 4.79 Å². The van der Waals surface area contributed by atoms with Gasteiger partial charge in [-0.2, -0.15) is 0 Å². The Morgan fingerprint density at radius 2 is 2.22 bits per heavy atom. The summed E-state index contributed by atoms with van der Waals surface area (Å²) < 4.78 is 13.1. The molecule has 0 aliphatic carbocycles. The minimum Gasteiger partial charge on any atom is -0.349 e. The SMILES string of the molecule is CCCC(CN)C(=O)NC(C)c1cccc(F)c1. The molecule has 0 saturated heterocycles. The molecule has 3 N–H and O–H groups in total. The van der Waals surface area contributed by atoms with E-state index >= 15 is 0 Å². The third-order valence-electron chi connectivity index (χ3n) is 3.00. The maximum atomic E-state index is 13.1. The molecule has 0 bridgehead atoms. The first-order chi connectivity index (χ1) is 8.58. The average molecular weight is 252 g/mol. The van der Waals surface area contributed by atoms with Crippen LogP contribution in [0.1, 0.15) is 38.3 Å². The summed E-state index contributed by atoms with van der Waals surface area (Å²) in [7, 11) is 0. The lowest BCUT2D eigenvalue weighted by molar-refractivity contribution is -0.125. The highest BCUT2D eigenvalue weighted by Gasteiger charge is 2.18. The number of rotatable bonds is 6. The largest absolute Gasteiger partial charge is 0.349 e. The molecule has 0 aliphatic rings. The maximum absolute atomic E-state index is 13.1. The molecule has 18 heavy (non-hydrogen) atoms. The van der Waals surface area contributed by atoms with Crippen LogP contribution in [0.25, 0.3) is 0 Å². The molecule has 0 fully saturated rings. The minimum atomic E-state index is -0.294. The first kappa shape index (κ1) is 14.6. The summed E-state index contributed by atoms with van der Waals surface area (Å²) in [6.07, 6.45) is 1.70. The molecule has 100 valence electrons. The number of amides is 1. The molecule has 0 aliphatic heterocycles. The van der Waals surface area contributed by atoms with Crippen molar-refractivity contribution in [3.8, 4) is 0 Å². The fourth-order valence-electron chi connectivity index (χ4n) is 1.89. The zero-order valence-electron chi connectivity index (χ0n) is 10.9. The molecule has 2 unspecified atom stereocenters. The van der Waals surface area contributed by atoms with Crippen molar-refractivity contribution in [2.75, 3.05) is 6.54 Å². The van der Waals surface area contributed by atoms with Crippen LogP contribution in [-0.2, 0) is 4.79 Å². The van der Waals surface area contributed by atoms with Crippen molar-refractivity contribution in [2.45, 2.75) is 32.7 Å². The molecular formula is C14H21FN2O. The molecule has 0 saturated carbocycles. The Bertz CT molecular complexity index is 395. The van der Waals surface area contributed by atoms with Crippen LogP contribution < -0.4 is 11.1 Å². The number of nitrogens with one attached hydrogen (secondary N) is 1. The molecule has 0 heterocycles. The highest BCUT2D eigenvalue weighted by molar-refractivity contribution is 5.79. The fraction of sp³-hybridized carbons (Fsp3) is 0.500. The topological polar surface area (TPSA) is 55.1 Å². The highest BCUT2D eigenvalue weighted by Crippen LogP contribution is 2.15. The lowest BCUT2D eigenvalue weighted by Gasteiger charge is -2.19. The number of nitrogens with two attached hydrogens (primary N) is 1. The number of benzene rings is 1. The van der Waals surface area contributed by atoms with Crippen LogP contribution in [0.2, 0.25) is 0 Å². The molecule has 1 aromatic rings. The van der Waals surface area contributed by atoms with E-state index in [2.05, 4.69) is 5.32 Å². The zero-order valence-corrected chi connectivity index (χ0v) is 10.9. The Hall–Kier alpha value is -1.42. The summed E-state index contributed by atoms with van der Waals surface area (Å²) in [6, 6.07) is 6.05. The van der Waals surface area contributed by atoms with Crippen molar-refractivity contribution in [1.82, 2.24) is 5.32 Å². The quantitative estimate of drug-likeness (QED) is 0.816. The molecule has 0 radical (unpaired) electrons. The van der Waals surface area contributed by atoms with Crippen LogP contribution in [0.5, 0.6) is 0 Å². The average Bonchev–Trinajstić information content (AvgIpc) is 2.35. The van der Waals surface area contributed by atoms with Crippen molar-refractivity contribution in [2.24, 2.45) is 11.7 Å². The molecule has 0 spiro atoms. The van der Waals surface area contributed by atoms with E-state index in [0.29, 0.717) is 6.54 Å². The molecule has 3 nitrogen and oxygen atoms in total. The van der Waals surface area contributed by atoms with Crippen molar-refractivity contribution in [3.05, 3.63) is 35.6 Å². The zero-order chi connectivity index (χ0) is 13.5. The van der Waals surface area contributed by atoms with Gasteiger partial charge in [0.05, 0.1) is 12.0 Å². The van der Waals surface area contributed by atoms with Crippen molar-refractivity contribution >= 4 is 5.91 Å². The summed E-state index contributed by atoms with van der Waals surface area (Å²) in [5.41, 5.74) is 6.34. The van der Waals surface area contributed by atoms with Gasteiger partial charge in [-0.25, -0.2) is 4.39 Å². The van der Waals surface area contributed by atoms with Gasteiger partial charge >= 0.3 is 0 Å². The second kappa shape index (κ2) is 7.11. The predicted octanol–water partition coefficient (Wildman–Crippen LogP) is 2.38. The van der Waals surface area contributed by atoms with E-state index < -0.39 is 0 Å². The molecule has 1 amide bonds. The Balaban J connectivity index is 2.63. The summed E-state index contributed by atoms with van der Waals surface area (Å²) in [6.45, 7) is 4.20. The van der Waals surface area contributed by atoms with E-state index in [1.54, 1.807) is 12.1 Å². The van der Waals surface area contributed by atoms with Gasteiger partial charge in [0, 0.05) is 6.54 Å². The van der Waals surface area contributed by atoms with Gasteiger partial charge < -0.3 is 11.1 Å². The van der Waals surface area contributed by atoms with Crippen LogP contribution in [-0.4, -0.2) is 12.5 Å². The number of halogens is 1. The minimum absolute atomic E-state index is 0.0592. The molecule has 0 aromatic heterocycles. The van der Waals surface area contributed by atoms with Gasteiger partial charge in [-0.15, -0.1) is 0 Å². The van der Waals surface area contributed by atoms with Crippen LogP contribution >= 0.6 is 0 Å². The molecule has 1 rings (SSSR count). The van der Waals surface area contributed by atoms with E-state index in [-0.39, 0.29) is 23.7 Å². The smallest absolute Gasteiger partial charge is 0.224 e. The van der Waals surface area contributed by atoms with Crippen molar-refractivity contribution < 1.29 is 9.18 Å². The first-order valence-corrected chi connectivity index (χ1v) is 6.34. The van der Waals surface area contributed by atoms with E-state index in [9.17, 15) is 9.18 Å². The highest BCUT2D eigenvalue weighted by atomic mass is 19.1. The van der Waals surface area contributed by atoms with Crippen LogP contribution in [0.3, 0.4) is 0 Å². The van der Waals surface area contributed by atoms with Gasteiger partial charge in [0.1, 0.15) is 5.82 Å². The monoisotopic (exact) mass is 252 g/mol. The Morgan fingerprint density at radius 3 is 2.78 bits per heavy atom. The van der Waals surface area contributed by atoms with Gasteiger partial charge in [0.15, 0.2) is 0 Å². The first-order valence-electron chi connectivity index (χ1n) is 6.34. The summed E-state index contributed by atoms with van der Waals surface area (Å²) >= 11 is 0.